The second-order valence-electron chi connectivity index (χ2n) is 6.49. The van der Waals surface area contributed by atoms with Crippen molar-refractivity contribution in [1.82, 2.24) is 5.32 Å². The number of nitrogens with one attached hydrogen (secondary N) is 1. The van der Waals surface area contributed by atoms with Crippen molar-refractivity contribution >= 4 is 29.1 Å². The summed E-state index contributed by atoms with van der Waals surface area (Å²) in [4.78, 5) is 26.3. The third kappa shape index (κ3) is 3.67. The topological polar surface area (TPSA) is 69.6 Å². The summed E-state index contributed by atoms with van der Waals surface area (Å²) in [6.07, 6.45) is 3.87. The van der Waals surface area contributed by atoms with E-state index in [1.807, 2.05) is 6.07 Å². The number of amides is 2. The van der Waals surface area contributed by atoms with Crippen LogP contribution in [0.3, 0.4) is 0 Å². The van der Waals surface area contributed by atoms with Gasteiger partial charge in [0.25, 0.3) is 0 Å². The fourth-order valence-electron chi connectivity index (χ4n) is 3.47. The van der Waals surface area contributed by atoms with Gasteiger partial charge in [-0.2, -0.15) is 0 Å². The van der Waals surface area contributed by atoms with Gasteiger partial charge in [0.2, 0.25) is 11.8 Å². The molecule has 5 nitrogen and oxygen atoms in total. The lowest BCUT2D eigenvalue weighted by Crippen LogP contribution is -2.44. The van der Waals surface area contributed by atoms with Crippen molar-refractivity contribution in [3.05, 3.63) is 29.3 Å². The van der Waals surface area contributed by atoms with Crippen LogP contribution in [0.2, 0.25) is 5.02 Å². The average Bonchev–Trinajstić information content (AvgIpc) is 3.06. The molecule has 1 unspecified atom stereocenters. The summed E-state index contributed by atoms with van der Waals surface area (Å²) in [7, 11) is 0. The summed E-state index contributed by atoms with van der Waals surface area (Å²) >= 11 is 5.97. The molecule has 1 aromatic carbocycles. The number of carbonyl (C=O) groups is 2. The van der Waals surface area contributed by atoms with E-state index >= 15 is 0 Å². The molecule has 0 radical (unpaired) electrons. The molecule has 1 heterocycles. The lowest BCUT2D eigenvalue weighted by atomic mass is 9.97. The second kappa shape index (κ2) is 6.49. The largest absolute Gasteiger partial charge is 0.389 e. The van der Waals surface area contributed by atoms with Crippen molar-refractivity contribution in [2.75, 3.05) is 11.4 Å². The smallest absolute Gasteiger partial charge is 0.249 e. The Morgan fingerprint density at radius 1 is 1.39 bits per heavy atom. The molecular weight excluding hydrogens is 316 g/mol. The molecule has 0 bridgehead atoms. The zero-order chi connectivity index (χ0) is 16.4. The second-order valence-corrected chi connectivity index (χ2v) is 6.92. The van der Waals surface area contributed by atoms with Gasteiger partial charge in [0, 0.05) is 17.3 Å². The van der Waals surface area contributed by atoms with Crippen LogP contribution in [-0.4, -0.2) is 35.1 Å². The predicted octanol–water partition coefficient (Wildman–Crippen LogP) is 2.26. The zero-order valence-corrected chi connectivity index (χ0v) is 13.7. The number of carbonyl (C=O) groups excluding carboxylic acids is 2. The van der Waals surface area contributed by atoms with Crippen LogP contribution in [0.1, 0.15) is 38.5 Å². The minimum atomic E-state index is -0.890. The molecule has 1 atom stereocenters. The van der Waals surface area contributed by atoms with Crippen molar-refractivity contribution < 1.29 is 14.7 Å². The van der Waals surface area contributed by atoms with Crippen molar-refractivity contribution in [3.8, 4) is 0 Å². The van der Waals surface area contributed by atoms with Gasteiger partial charge in [-0.05, 0) is 37.5 Å². The van der Waals surface area contributed by atoms with Crippen LogP contribution in [0.5, 0.6) is 0 Å². The molecule has 3 rings (SSSR count). The molecule has 1 aromatic rings. The lowest BCUT2D eigenvalue weighted by molar-refractivity contribution is -0.129. The molecule has 1 aliphatic carbocycles. The van der Waals surface area contributed by atoms with Crippen LogP contribution >= 0.6 is 11.6 Å². The molecule has 124 valence electrons. The SMILES string of the molecule is O=C(CC1(O)CCCC1)NC1CCN(c2cccc(Cl)c2)C1=O. The fraction of sp³-hybridized carbons (Fsp3) is 0.529. The van der Waals surface area contributed by atoms with Crippen LogP contribution in [0, 0.1) is 0 Å². The first-order valence-electron chi connectivity index (χ1n) is 8.06. The van der Waals surface area contributed by atoms with E-state index in [9.17, 15) is 14.7 Å². The molecule has 0 aromatic heterocycles. The minimum absolute atomic E-state index is 0.0773. The van der Waals surface area contributed by atoms with E-state index < -0.39 is 11.6 Å². The number of nitrogens with zero attached hydrogens (tertiary/aromatic N) is 1. The van der Waals surface area contributed by atoms with Gasteiger partial charge >= 0.3 is 0 Å². The number of benzene rings is 1. The van der Waals surface area contributed by atoms with Crippen LogP contribution in [-0.2, 0) is 9.59 Å². The number of hydrogen-bond donors (Lipinski definition) is 2. The van der Waals surface area contributed by atoms with E-state index in [-0.39, 0.29) is 18.2 Å². The quantitative estimate of drug-likeness (QED) is 0.886. The van der Waals surface area contributed by atoms with Gasteiger partial charge < -0.3 is 15.3 Å². The Morgan fingerprint density at radius 3 is 2.83 bits per heavy atom. The van der Waals surface area contributed by atoms with Crippen LogP contribution < -0.4 is 10.2 Å². The highest BCUT2D eigenvalue weighted by molar-refractivity contribution is 6.31. The van der Waals surface area contributed by atoms with E-state index in [0.717, 1.165) is 18.5 Å². The van der Waals surface area contributed by atoms with Gasteiger partial charge in [-0.15, -0.1) is 0 Å². The summed E-state index contributed by atoms with van der Waals surface area (Å²) in [5, 5.41) is 13.6. The summed E-state index contributed by atoms with van der Waals surface area (Å²) < 4.78 is 0. The lowest BCUT2D eigenvalue weighted by Gasteiger charge is -2.22. The Bertz CT molecular complexity index is 614. The average molecular weight is 337 g/mol. The molecule has 2 N–H and O–H groups in total. The van der Waals surface area contributed by atoms with Gasteiger partial charge in [-0.1, -0.05) is 30.5 Å². The van der Waals surface area contributed by atoms with Crippen molar-refractivity contribution in [3.63, 3.8) is 0 Å². The summed E-state index contributed by atoms with van der Waals surface area (Å²) in [6, 6.07) is 6.60. The Labute approximate surface area is 140 Å². The van der Waals surface area contributed by atoms with Gasteiger partial charge in [0.1, 0.15) is 6.04 Å². The molecule has 2 amide bonds. The van der Waals surface area contributed by atoms with Crippen LogP contribution in [0.15, 0.2) is 24.3 Å². The summed E-state index contributed by atoms with van der Waals surface area (Å²) in [5.41, 5.74) is -0.146. The fourth-order valence-corrected chi connectivity index (χ4v) is 3.65. The highest BCUT2D eigenvalue weighted by Crippen LogP contribution is 2.32. The summed E-state index contributed by atoms with van der Waals surface area (Å²) in [5.74, 6) is -0.375. The molecule has 23 heavy (non-hydrogen) atoms. The van der Waals surface area contributed by atoms with Crippen LogP contribution in [0.4, 0.5) is 5.69 Å². The van der Waals surface area contributed by atoms with E-state index in [4.69, 9.17) is 11.6 Å². The molecule has 1 aliphatic heterocycles. The van der Waals surface area contributed by atoms with Gasteiger partial charge in [-0.25, -0.2) is 0 Å². The monoisotopic (exact) mass is 336 g/mol. The minimum Gasteiger partial charge on any atom is -0.389 e. The Kier molecular flexibility index (Phi) is 4.60. The van der Waals surface area contributed by atoms with Crippen LogP contribution in [0.25, 0.3) is 0 Å². The summed E-state index contributed by atoms with van der Waals surface area (Å²) in [6.45, 7) is 0.550. The number of hydrogen-bond acceptors (Lipinski definition) is 3. The number of halogens is 1. The molecule has 0 spiro atoms. The Balaban J connectivity index is 1.60. The molecule has 6 heteroatoms. The highest BCUT2D eigenvalue weighted by Gasteiger charge is 2.37. The first-order valence-corrected chi connectivity index (χ1v) is 8.43. The Hall–Kier alpha value is -1.59. The first-order chi connectivity index (χ1) is 11.0. The predicted molar refractivity (Wildman–Crippen MR) is 88.4 cm³/mol. The first kappa shape index (κ1) is 16.3. The maximum Gasteiger partial charge on any atom is 0.249 e. The van der Waals surface area contributed by atoms with E-state index in [1.165, 1.54) is 0 Å². The van der Waals surface area contributed by atoms with Crippen molar-refractivity contribution in [2.45, 2.75) is 50.2 Å². The Morgan fingerprint density at radius 2 is 2.13 bits per heavy atom. The highest BCUT2D eigenvalue weighted by atomic mass is 35.5. The maximum absolute atomic E-state index is 12.5. The van der Waals surface area contributed by atoms with Gasteiger partial charge in [0.05, 0.1) is 12.0 Å². The van der Waals surface area contributed by atoms with Crippen molar-refractivity contribution in [2.24, 2.45) is 0 Å². The maximum atomic E-state index is 12.5. The van der Waals surface area contributed by atoms with E-state index in [2.05, 4.69) is 5.32 Å². The molecular formula is C17H21ClN2O3. The molecule has 1 saturated heterocycles. The third-order valence-corrected chi connectivity index (χ3v) is 4.92. The van der Waals surface area contributed by atoms with E-state index in [1.54, 1.807) is 23.1 Å². The molecule has 2 aliphatic rings. The standard InChI is InChI=1S/C17H21ClN2O3/c18-12-4-3-5-13(10-12)20-9-6-14(16(20)22)19-15(21)11-17(23)7-1-2-8-17/h3-5,10,14,23H,1-2,6-9,11H2,(H,19,21). The molecule has 1 saturated carbocycles. The molecule has 2 fully saturated rings. The van der Waals surface area contributed by atoms with Gasteiger partial charge in [-0.3, -0.25) is 9.59 Å². The van der Waals surface area contributed by atoms with E-state index in [0.29, 0.717) is 30.8 Å². The number of rotatable bonds is 4. The number of aliphatic hydroxyl groups is 1. The van der Waals surface area contributed by atoms with Crippen molar-refractivity contribution in [1.29, 1.82) is 0 Å². The number of anilines is 1. The zero-order valence-electron chi connectivity index (χ0n) is 12.9. The normalized spacial score (nSPS) is 23.3. The third-order valence-electron chi connectivity index (χ3n) is 4.68. The van der Waals surface area contributed by atoms with Gasteiger partial charge in [0.15, 0.2) is 0 Å².